The van der Waals surface area contributed by atoms with Crippen LogP contribution in [0.5, 0.6) is 0 Å². The summed E-state index contributed by atoms with van der Waals surface area (Å²) >= 11 is 3.22. The Morgan fingerprint density at radius 1 is 1.35 bits per heavy atom. The first kappa shape index (κ1) is 15.8. The summed E-state index contributed by atoms with van der Waals surface area (Å²) in [7, 11) is 0. The maximum atomic E-state index is 12.3. The van der Waals surface area contributed by atoms with Crippen LogP contribution < -0.4 is 0 Å². The van der Waals surface area contributed by atoms with Crippen LogP contribution in [-0.2, 0) is 14.3 Å². The van der Waals surface area contributed by atoms with Gasteiger partial charge in [0.15, 0.2) is 12.4 Å². The molecule has 3 nitrogen and oxygen atoms in total. The van der Waals surface area contributed by atoms with E-state index in [2.05, 4.69) is 20.7 Å². The third kappa shape index (κ3) is 1.71. The maximum Gasteiger partial charge on any atom is 0.422 e. The molecule has 0 aromatic rings. The summed E-state index contributed by atoms with van der Waals surface area (Å²) in [5, 5.41) is 0. The molecule has 3 unspecified atom stereocenters. The Morgan fingerprint density at radius 2 is 1.90 bits per heavy atom. The number of hydrogen-bond acceptors (Lipinski definition) is 3. The van der Waals surface area contributed by atoms with Crippen molar-refractivity contribution in [3.63, 3.8) is 0 Å². The Morgan fingerprint density at radius 3 is 2.30 bits per heavy atom. The quantitative estimate of drug-likeness (QED) is 0.563. The zero-order chi connectivity index (χ0) is 15.6. The molecule has 2 rings (SSSR count). The summed E-state index contributed by atoms with van der Waals surface area (Å²) in [6.45, 7) is 3.67. The van der Waals surface area contributed by atoms with Crippen LogP contribution in [0.2, 0.25) is 0 Å². The number of ether oxygens (including phenoxy) is 1. The Kier molecular flexibility index (Phi) is 3.32. The normalized spacial score (nSPS) is 39.1. The third-order valence-electron chi connectivity index (χ3n) is 5.45. The standard InChI is InChI=1S/C13H16BrF3O3/c1-10(2)11(3)4-5-12(10,7(14)8(11)18)9(19)20-6-13(15,16)17/h7H,4-6H2,1-3H3. The first-order chi connectivity index (χ1) is 8.90. The van der Waals surface area contributed by atoms with Crippen molar-refractivity contribution < 1.29 is 27.5 Å². The lowest BCUT2D eigenvalue weighted by Crippen LogP contribution is -2.46. The van der Waals surface area contributed by atoms with E-state index in [1.54, 1.807) is 20.8 Å². The van der Waals surface area contributed by atoms with Crippen LogP contribution >= 0.6 is 15.9 Å². The number of rotatable bonds is 2. The predicted octanol–water partition coefficient (Wildman–Crippen LogP) is 3.25. The van der Waals surface area contributed by atoms with Gasteiger partial charge in [0.1, 0.15) is 0 Å². The Labute approximate surface area is 123 Å². The molecule has 20 heavy (non-hydrogen) atoms. The topological polar surface area (TPSA) is 43.4 Å². The van der Waals surface area contributed by atoms with E-state index in [0.29, 0.717) is 12.8 Å². The first-order valence-electron chi connectivity index (χ1n) is 6.32. The number of halogens is 4. The van der Waals surface area contributed by atoms with Crippen LogP contribution in [0.15, 0.2) is 0 Å². The lowest BCUT2D eigenvalue weighted by molar-refractivity contribution is -0.196. The zero-order valence-corrected chi connectivity index (χ0v) is 13.0. The van der Waals surface area contributed by atoms with E-state index in [1.807, 2.05) is 0 Å². The molecule has 0 aromatic heterocycles. The second-order valence-electron chi connectivity index (χ2n) is 6.35. The Hall–Kier alpha value is -0.590. The van der Waals surface area contributed by atoms with E-state index in [4.69, 9.17) is 0 Å². The van der Waals surface area contributed by atoms with Crippen molar-refractivity contribution in [1.29, 1.82) is 0 Å². The molecule has 0 amide bonds. The summed E-state index contributed by atoms with van der Waals surface area (Å²) in [6.07, 6.45) is -3.72. The van der Waals surface area contributed by atoms with Crippen LogP contribution in [0, 0.1) is 16.2 Å². The highest BCUT2D eigenvalue weighted by molar-refractivity contribution is 9.10. The largest absolute Gasteiger partial charge is 0.456 e. The van der Waals surface area contributed by atoms with Crippen LogP contribution in [-0.4, -0.2) is 29.4 Å². The fourth-order valence-corrected chi connectivity index (χ4v) is 5.17. The van der Waals surface area contributed by atoms with E-state index in [0.717, 1.165) is 0 Å². The predicted molar refractivity (Wildman–Crippen MR) is 68.3 cm³/mol. The summed E-state index contributed by atoms with van der Waals surface area (Å²) in [4.78, 5) is 23.8. The highest BCUT2D eigenvalue weighted by Gasteiger charge is 2.77. The molecule has 2 saturated carbocycles. The summed E-state index contributed by atoms with van der Waals surface area (Å²) in [6, 6.07) is 0. The van der Waals surface area contributed by atoms with Gasteiger partial charge in [-0.2, -0.15) is 13.2 Å². The van der Waals surface area contributed by atoms with Gasteiger partial charge in [-0.3, -0.25) is 9.59 Å². The molecular weight excluding hydrogens is 341 g/mol. The number of Topliss-reactive ketones (excluding diaryl/α,β-unsaturated/α-hetero) is 1. The van der Waals surface area contributed by atoms with E-state index in [9.17, 15) is 22.8 Å². The molecule has 114 valence electrons. The number of esters is 1. The monoisotopic (exact) mass is 356 g/mol. The highest BCUT2D eigenvalue weighted by atomic mass is 79.9. The minimum atomic E-state index is -4.57. The van der Waals surface area contributed by atoms with Crippen LogP contribution in [0.25, 0.3) is 0 Å². The number of ketones is 1. The molecule has 0 aliphatic heterocycles. The number of hydrogen-bond donors (Lipinski definition) is 0. The van der Waals surface area contributed by atoms with Crippen LogP contribution in [0.1, 0.15) is 33.6 Å². The first-order valence-corrected chi connectivity index (χ1v) is 7.24. The van der Waals surface area contributed by atoms with E-state index in [-0.39, 0.29) is 5.78 Å². The van der Waals surface area contributed by atoms with Crippen molar-refractivity contribution in [2.75, 3.05) is 6.61 Å². The maximum absolute atomic E-state index is 12.3. The smallest absolute Gasteiger partial charge is 0.422 e. The minimum absolute atomic E-state index is 0.127. The van der Waals surface area contributed by atoms with Crippen molar-refractivity contribution in [3.8, 4) is 0 Å². The minimum Gasteiger partial charge on any atom is -0.456 e. The SMILES string of the molecule is CC12CCC(C(=O)OCC(F)(F)F)(C(Br)C1=O)C2(C)C. The van der Waals surface area contributed by atoms with E-state index >= 15 is 0 Å². The van der Waals surface area contributed by atoms with Gasteiger partial charge in [-0.1, -0.05) is 36.7 Å². The lowest BCUT2D eigenvalue weighted by atomic mass is 9.65. The number of carbonyl (C=O) groups excluding carboxylic acids is 2. The van der Waals surface area contributed by atoms with Gasteiger partial charge in [-0.25, -0.2) is 0 Å². The molecule has 0 N–H and O–H groups in total. The van der Waals surface area contributed by atoms with Gasteiger partial charge < -0.3 is 4.74 Å². The average molecular weight is 357 g/mol. The van der Waals surface area contributed by atoms with Crippen molar-refractivity contribution in [2.45, 2.75) is 44.6 Å². The van der Waals surface area contributed by atoms with Gasteiger partial charge in [0.25, 0.3) is 0 Å². The summed E-state index contributed by atoms with van der Waals surface area (Å²) in [5.41, 5.74) is -2.67. The van der Waals surface area contributed by atoms with Gasteiger partial charge in [0.05, 0.1) is 10.2 Å². The molecule has 0 aromatic carbocycles. The van der Waals surface area contributed by atoms with Crippen molar-refractivity contribution in [2.24, 2.45) is 16.2 Å². The Bertz CT molecular complexity index is 474. The molecule has 0 radical (unpaired) electrons. The highest BCUT2D eigenvalue weighted by Crippen LogP contribution is 2.72. The van der Waals surface area contributed by atoms with E-state index < -0.39 is 39.8 Å². The molecule has 2 aliphatic carbocycles. The summed E-state index contributed by atoms with van der Waals surface area (Å²) in [5.74, 6) is -1.06. The fourth-order valence-electron chi connectivity index (χ4n) is 3.68. The molecular formula is C13H16BrF3O3. The van der Waals surface area contributed by atoms with Crippen LogP contribution in [0.3, 0.4) is 0 Å². The number of alkyl halides is 4. The van der Waals surface area contributed by atoms with Crippen LogP contribution in [0.4, 0.5) is 13.2 Å². The Balaban J connectivity index is 2.34. The summed E-state index contributed by atoms with van der Waals surface area (Å²) < 4.78 is 41.1. The second-order valence-corrected chi connectivity index (χ2v) is 7.26. The van der Waals surface area contributed by atoms with Gasteiger partial charge in [-0.15, -0.1) is 0 Å². The van der Waals surface area contributed by atoms with Crippen molar-refractivity contribution in [3.05, 3.63) is 0 Å². The number of fused-ring (bicyclic) bond motifs is 2. The zero-order valence-electron chi connectivity index (χ0n) is 11.4. The lowest BCUT2D eigenvalue weighted by Gasteiger charge is -2.38. The molecule has 0 spiro atoms. The second kappa shape index (κ2) is 4.21. The molecule has 2 aliphatic rings. The fraction of sp³-hybridized carbons (Fsp3) is 0.846. The average Bonchev–Trinajstić information content (AvgIpc) is 2.58. The van der Waals surface area contributed by atoms with E-state index in [1.165, 1.54) is 0 Å². The van der Waals surface area contributed by atoms with Gasteiger partial charge in [0, 0.05) is 5.41 Å². The third-order valence-corrected chi connectivity index (χ3v) is 6.65. The van der Waals surface area contributed by atoms with Gasteiger partial charge in [-0.05, 0) is 18.3 Å². The molecule has 7 heteroatoms. The molecule has 2 fully saturated rings. The molecule has 0 heterocycles. The molecule has 2 bridgehead atoms. The van der Waals surface area contributed by atoms with Gasteiger partial charge >= 0.3 is 12.1 Å². The van der Waals surface area contributed by atoms with Gasteiger partial charge in [0.2, 0.25) is 0 Å². The molecule has 0 saturated heterocycles. The van der Waals surface area contributed by atoms with Crippen molar-refractivity contribution >= 4 is 27.7 Å². The van der Waals surface area contributed by atoms with Crippen molar-refractivity contribution in [1.82, 2.24) is 0 Å². The molecule has 3 atom stereocenters. The number of carbonyl (C=O) groups is 2.